The number of ether oxygens (including phenoxy) is 1. The van der Waals surface area contributed by atoms with E-state index in [-0.39, 0.29) is 33.8 Å². The number of pyridine rings is 1. The van der Waals surface area contributed by atoms with E-state index in [1.54, 1.807) is 60.7 Å². The first kappa shape index (κ1) is 16.5. The van der Waals surface area contributed by atoms with Crippen LogP contribution in [-0.2, 0) is 0 Å². The molecule has 0 radical (unpaired) electrons. The van der Waals surface area contributed by atoms with Gasteiger partial charge in [-0.1, -0.05) is 30.3 Å². The predicted octanol–water partition coefficient (Wildman–Crippen LogP) is 3.78. The van der Waals surface area contributed by atoms with Gasteiger partial charge in [0, 0.05) is 6.20 Å². The Bertz CT molecular complexity index is 1180. The molecule has 0 bridgehead atoms. The van der Waals surface area contributed by atoms with Crippen molar-refractivity contribution < 1.29 is 19.1 Å². The fourth-order valence-electron chi connectivity index (χ4n) is 2.69. The summed E-state index contributed by atoms with van der Waals surface area (Å²) in [4.78, 5) is 29.6. The van der Waals surface area contributed by atoms with Crippen LogP contribution in [0.15, 0.2) is 82.1 Å². The van der Waals surface area contributed by atoms with Crippen molar-refractivity contribution in [1.29, 1.82) is 0 Å². The first-order valence-electron chi connectivity index (χ1n) is 8.12. The quantitative estimate of drug-likeness (QED) is 0.560. The maximum Gasteiger partial charge on any atom is 0.343 e. The SMILES string of the molecule is O=C(Oc1c(-c2ccccn2)oc2cccc(O)c2c1=O)c1ccccc1. The molecule has 4 rings (SSSR count). The third-order valence-corrected chi connectivity index (χ3v) is 3.96. The van der Waals surface area contributed by atoms with Crippen LogP contribution in [0, 0.1) is 0 Å². The lowest BCUT2D eigenvalue weighted by atomic mass is 10.1. The van der Waals surface area contributed by atoms with Crippen molar-refractivity contribution in [1.82, 2.24) is 4.98 Å². The number of aromatic hydroxyl groups is 1. The zero-order chi connectivity index (χ0) is 18.8. The predicted molar refractivity (Wildman–Crippen MR) is 98.8 cm³/mol. The van der Waals surface area contributed by atoms with Gasteiger partial charge in [-0.3, -0.25) is 9.78 Å². The fraction of sp³-hybridized carbons (Fsp3) is 0. The van der Waals surface area contributed by atoms with Gasteiger partial charge in [-0.05, 0) is 36.4 Å². The Morgan fingerprint density at radius 3 is 2.48 bits per heavy atom. The summed E-state index contributed by atoms with van der Waals surface area (Å²) in [5.74, 6) is -1.28. The van der Waals surface area contributed by atoms with Gasteiger partial charge in [0.15, 0.2) is 5.76 Å². The van der Waals surface area contributed by atoms with Gasteiger partial charge in [-0.15, -0.1) is 0 Å². The number of nitrogens with zero attached hydrogens (tertiary/aromatic N) is 1. The number of carbonyl (C=O) groups excluding carboxylic acids is 1. The van der Waals surface area contributed by atoms with Crippen LogP contribution < -0.4 is 10.2 Å². The molecule has 0 saturated carbocycles. The molecule has 2 heterocycles. The molecule has 0 aliphatic carbocycles. The van der Waals surface area contributed by atoms with E-state index in [0.717, 1.165) is 0 Å². The van der Waals surface area contributed by atoms with Crippen molar-refractivity contribution in [3.8, 4) is 23.0 Å². The maximum atomic E-state index is 13.0. The number of fused-ring (bicyclic) bond motifs is 1. The van der Waals surface area contributed by atoms with E-state index < -0.39 is 11.4 Å². The molecule has 0 aliphatic rings. The second kappa shape index (κ2) is 6.76. The van der Waals surface area contributed by atoms with E-state index in [1.165, 1.54) is 12.3 Å². The summed E-state index contributed by atoms with van der Waals surface area (Å²) in [6, 6.07) is 17.8. The molecule has 4 aromatic rings. The van der Waals surface area contributed by atoms with Gasteiger partial charge in [0.1, 0.15) is 22.4 Å². The molecule has 1 N–H and O–H groups in total. The zero-order valence-corrected chi connectivity index (χ0v) is 14.0. The summed E-state index contributed by atoms with van der Waals surface area (Å²) in [6.45, 7) is 0. The standard InChI is InChI=1S/C21H13NO5/c23-15-10-6-11-16-17(15)18(24)20(19(26-16)14-9-4-5-12-22-14)27-21(25)13-7-2-1-3-8-13/h1-12,23H. The lowest BCUT2D eigenvalue weighted by molar-refractivity contribution is 0.0731. The number of carbonyl (C=O) groups is 1. The number of phenols is 1. The number of hydrogen-bond donors (Lipinski definition) is 1. The molecule has 0 unspecified atom stereocenters. The van der Waals surface area contributed by atoms with E-state index in [0.29, 0.717) is 5.69 Å². The highest BCUT2D eigenvalue weighted by Gasteiger charge is 2.23. The summed E-state index contributed by atoms with van der Waals surface area (Å²) >= 11 is 0. The number of hydrogen-bond acceptors (Lipinski definition) is 6. The van der Waals surface area contributed by atoms with Crippen molar-refractivity contribution in [3.63, 3.8) is 0 Å². The highest BCUT2D eigenvalue weighted by atomic mass is 16.5. The topological polar surface area (TPSA) is 89.6 Å². The minimum absolute atomic E-state index is 0.0166. The Hall–Kier alpha value is -3.93. The summed E-state index contributed by atoms with van der Waals surface area (Å²) in [5, 5.41) is 10.0. The van der Waals surface area contributed by atoms with Gasteiger partial charge in [-0.2, -0.15) is 0 Å². The second-order valence-electron chi connectivity index (χ2n) is 5.71. The maximum absolute atomic E-state index is 13.0. The van der Waals surface area contributed by atoms with Gasteiger partial charge in [-0.25, -0.2) is 4.79 Å². The van der Waals surface area contributed by atoms with Crippen molar-refractivity contribution in [2.45, 2.75) is 0 Å². The smallest absolute Gasteiger partial charge is 0.343 e. The van der Waals surface area contributed by atoms with Crippen molar-refractivity contribution in [3.05, 3.63) is 88.7 Å². The van der Waals surface area contributed by atoms with Crippen LogP contribution in [0.25, 0.3) is 22.4 Å². The van der Waals surface area contributed by atoms with E-state index in [1.807, 2.05) is 0 Å². The Morgan fingerprint density at radius 2 is 1.74 bits per heavy atom. The Morgan fingerprint density at radius 1 is 0.963 bits per heavy atom. The monoisotopic (exact) mass is 359 g/mol. The molecule has 2 aromatic heterocycles. The summed E-state index contributed by atoms with van der Waals surface area (Å²) in [5.41, 5.74) is 0.122. The van der Waals surface area contributed by atoms with E-state index in [2.05, 4.69) is 4.98 Å². The first-order valence-corrected chi connectivity index (χ1v) is 8.12. The highest BCUT2D eigenvalue weighted by Crippen LogP contribution is 2.32. The zero-order valence-electron chi connectivity index (χ0n) is 14.0. The van der Waals surface area contributed by atoms with E-state index >= 15 is 0 Å². The molecule has 0 atom stereocenters. The van der Waals surface area contributed by atoms with E-state index in [9.17, 15) is 14.7 Å². The molecular formula is C21H13NO5. The summed E-state index contributed by atoms with van der Waals surface area (Å²) < 4.78 is 11.2. The van der Waals surface area contributed by atoms with Crippen LogP contribution in [-0.4, -0.2) is 16.1 Å². The average Bonchev–Trinajstić information content (AvgIpc) is 2.71. The van der Waals surface area contributed by atoms with Gasteiger partial charge >= 0.3 is 5.97 Å². The van der Waals surface area contributed by atoms with Crippen LogP contribution in [0.1, 0.15) is 10.4 Å². The van der Waals surface area contributed by atoms with Crippen molar-refractivity contribution >= 4 is 16.9 Å². The molecule has 6 nitrogen and oxygen atoms in total. The van der Waals surface area contributed by atoms with Crippen LogP contribution in [0.3, 0.4) is 0 Å². The van der Waals surface area contributed by atoms with Gasteiger partial charge in [0.05, 0.1) is 5.56 Å². The molecule has 0 aliphatic heterocycles. The van der Waals surface area contributed by atoms with Gasteiger partial charge < -0.3 is 14.3 Å². The third-order valence-electron chi connectivity index (χ3n) is 3.96. The number of phenolic OH excluding ortho intramolecular Hbond substituents is 1. The largest absolute Gasteiger partial charge is 0.507 e. The first-order chi connectivity index (χ1) is 13.1. The minimum atomic E-state index is -0.713. The molecule has 132 valence electrons. The Labute approximate surface area is 153 Å². The molecule has 0 spiro atoms. The van der Waals surface area contributed by atoms with E-state index in [4.69, 9.17) is 9.15 Å². The molecule has 6 heteroatoms. The summed E-state index contributed by atoms with van der Waals surface area (Å²) in [6.07, 6.45) is 1.53. The second-order valence-corrected chi connectivity index (χ2v) is 5.71. The van der Waals surface area contributed by atoms with Crippen LogP contribution in [0.4, 0.5) is 0 Å². The summed E-state index contributed by atoms with van der Waals surface area (Å²) in [7, 11) is 0. The number of aromatic nitrogens is 1. The molecule has 0 saturated heterocycles. The Kier molecular flexibility index (Phi) is 4.14. The average molecular weight is 359 g/mol. The van der Waals surface area contributed by atoms with Gasteiger partial charge in [0.2, 0.25) is 11.2 Å². The van der Waals surface area contributed by atoms with Gasteiger partial charge in [0.25, 0.3) is 0 Å². The lowest BCUT2D eigenvalue weighted by Crippen LogP contribution is -2.16. The van der Waals surface area contributed by atoms with Crippen LogP contribution >= 0.6 is 0 Å². The number of rotatable bonds is 3. The fourth-order valence-corrected chi connectivity index (χ4v) is 2.69. The molecule has 27 heavy (non-hydrogen) atoms. The molecule has 2 aromatic carbocycles. The van der Waals surface area contributed by atoms with Crippen molar-refractivity contribution in [2.24, 2.45) is 0 Å². The minimum Gasteiger partial charge on any atom is -0.507 e. The number of benzene rings is 2. The Balaban J connectivity index is 1.94. The van der Waals surface area contributed by atoms with Crippen LogP contribution in [0.5, 0.6) is 11.5 Å². The van der Waals surface area contributed by atoms with Crippen molar-refractivity contribution in [2.75, 3.05) is 0 Å². The molecule has 0 amide bonds. The molecular weight excluding hydrogens is 346 g/mol. The normalized spacial score (nSPS) is 10.7. The third kappa shape index (κ3) is 3.04. The molecule has 0 fully saturated rings. The number of esters is 1. The van der Waals surface area contributed by atoms with Crippen LogP contribution in [0.2, 0.25) is 0 Å². The lowest BCUT2D eigenvalue weighted by Gasteiger charge is -2.10. The highest BCUT2D eigenvalue weighted by molar-refractivity contribution is 5.93.